The molecule has 0 aromatic heterocycles. The maximum Gasteiger partial charge on any atom is 0.191 e. The Balaban J connectivity index is 0.00000729. The van der Waals surface area contributed by atoms with Crippen molar-refractivity contribution in [3.05, 3.63) is 35.4 Å². The summed E-state index contributed by atoms with van der Waals surface area (Å²) in [5.74, 6) is 0.708. The molecule has 0 radical (unpaired) electrons. The van der Waals surface area contributed by atoms with Crippen LogP contribution in [0.15, 0.2) is 29.3 Å². The van der Waals surface area contributed by atoms with Crippen LogP contribution in [-0.2, 0) is 14.9 Å². The van der Waals surface area contributed by atoms with Crippen molar-refractivity contribution in [1.82, 2.24) is 10.6 Å². The van der Waals surface area contributed by atoms with Gasteiger partial charge in [0.2, 0.25) is 0 Å². The molecule has 0 fully saturated rings. The topological polar surface area (TPSA) is 75.1 Å². The van der Waals surface area contributed by atoms with Gasteiger partial charge in [0, 0.05) is 26.8 Å². The van der Waals surface area contributed by atoms with Crippen LogP contribution in [0.5, 0.6) is 0 Å². The number of nitrogens with zero attached hydrogens (tertiary/aromatic N) is 1. The molecule has 1 aromatic rings. The number of nitrogens with one attached hydrogen (secondary N) is 2. The fourth-order valence-electron chi connectivity index (χ4n) is 2.46. The third kappa shape index (κ3) is 11.2. The van der Waals surface area contributed by atoms with E-state index in [1.807, 2.05) is 19.1 Å². The number of aliphatic imine (C=N–C) groups is 1. The number of aliphatic hydroxyl groups excluding tert-OH is 1. The fourth-order valence-corrected chi connectivity index (χ4v) is 2.46. The molecular formula is C21H38IN3O3. The first-order chi connectivity index (χ1) is 12.9. The van der Waals surface area contributed by atoms with E-state index in [0.29, 0.717) is 32.3 Å². The average Bonchev–Trinajstić information content (AvgIpc) is 2.64. The lowest BCUT2D eigenvalue weighted by Crippen LogP contribution is -2.38. The summed E-state index contributed by atoms with van der Waals surface area (Å²) in [4.78, 5) is 4.49. The van der Waals surface area contributed by atoms with E-state index in [2.05, 4.69) is 48.5 Å². The number of methoxy groups -OCH3 is 1. The van der Waals surface area contributed by atoms with Crippen LogP contribution in [0.2, 0.25) is 0 Å². The van der Waals surface area contributed by atoms with Crippen LogP contribution in [0.1, 0.15) is 51.3 Å². The highest BCUT2D eigenvalue weighted by molar-refractivity contribution is 14.0. The standard InChI is InChI=1S/C21H37N3O3.HI/c1-6-22-20(23-12-7-13-27-15-14-26-5)24-16-19(25)17-8-10-18(11-9-17)21(2,3)4;/h8-11,19,25H,6-7,12-16H2,1-5H3,(H2,22,23,24);1H. The summed E-state index contributed by atoms with van der Waals surface area (Å²) in [6, 6.07) is 8.13. The summed E-state index contributed by atoms with van der Waals surface area (Å²) in [5.41, 5.74) is 2.25. The van der Waals surface area contributed by atoms with E-state index in [-0.39, 0.29) is 29.4 Å². The van der Waals surface area contributed by atoms with Gasteiger partial charge >= 0.3 is 0 Å². The van der Waals surface area contributed by atoms with E-state index >= 15 is 0 Å². The molecule has 7 heteroatoms. The maximum absolute atomic E-state index is 10.4. The minimum atomic E-state index is -0.619. The normalized spacial score (nSPS) is 13.0. The predicted octanol–water partition coefficient (Wildman–Crippen LogP) is 3.24. The molecule has 0 aliphatic heterocycles. The summed E-state index contributed by atoms with van der Waals surface area (Å²) in [6.07, 6.45) is 0.261. The first-order valence-electron chi connectivity index (χ1n) is 9.75. The zero-order valence-corrected chi connectivity index (χ0v) is 20.3. The molecule has 1 rings (SSSR count). The lowest BCUT2D eigenvalue weighted by Gasteiger charge is -2.20. The van der Waals surface area contributed by atoms with Crippen LogP contribution in [0.3, 0.4) is 0 Å². The number of hydrogen-bond acceptors (Lipinski definition) is 4. The Hall–Kier alpha value is -0.900. The van der Waals surface area contributed by atoms with E-state index < -0.39 is 6.10 Å². The molecule has 162 valence electrons. The van der Waals surface area contributed by atoms with Gasteiger partial charge in [0.1, 0.15) is 0 Å². The van der Waals surface area contributed by atoms with Crippen molar-refractivity contribution in [2.24, 2.45) is 4.99 Å². The number of guanidine groups is 1. The molecule has 1 aromatic carbocycles. The van der Waals surface area contributed by atoms with Crippen molar-refractivity contribution in [1.29, 1.82) is 0 Å². The van der Waals surface area contributed by atoms with Gasteiger partial charge in [0.05, 0.1) is 25.9 Å². The highest BCUT2D eigenvalue weighted by Crippen LogP contribution is 2.24. The van der Waals surface area contributed by atoms with Gasteiger partial charge in [0.15, 0.2) is 5.96 Å². The molecule has 28 heavy (non-hydrogen) atoms. The van der Waals surface area contributed by atoms with Crippen molar-refractivity contribution < 1.29 is 14.6 Å². The van der Waals surface area contributed by atoms with Gasteiger partial charge in [-0.1, -0.05) is 45.0 Å². The monoisotopic (exact) mass is 507 g/mol. The minimum absolute atomic E-state index is 0. The number of halogens is 1. The van der Waals surface area contributed by atoms with Gasteiger partial charge in [-0.15, -0.1) is 24.0 Å². The highest BCUT2D eigenvalue weighted by atomic mass is 127. The van der Waals surface area contributed by atoms with E-state index in [0.717, 1.165) is 25.1 Å². The van der Waals surface area contributed by atoms with Crippen LogP contribution < -0.4 is 10.6 Å². The molecule has 0 bridgehead atoms. The molecule has 0 aliphatic rings. The van der Waals surface area contributed by atoms with E-state index in [4.69, 9.17) is 9.47 Å². The number of hydrogen-bond donors (Lipinski definition) is 3. The molecule has 6 nitrogen and oxygen atoms in total. The number of benzene rings is 1. The molecule has 3 N–H and O–H groups in total. The Bertz CT molecular complexity index is 545. The van der Waals surface area contributed by atoms with Crippen molar-refractivity contribution in [3.63, 3.8) is 0 Å². The van der Waals surface area contributed by atoms with Crippen molar-refractivity contribution in [2.45, 2.75) is 45.6 Å². The molecule has 0 spiro atoms. The molecule has 0 heterocycles. The Morgan fingerprint density at radius 1 is 1.11 bits per heavy atom. The van der Waals surface area contributed by atoms with Gasteiger partial charge in [0.25, 0.3) is 0 Å². The minimum Gasteiger partial charge on any atom is -0.386 e. The SMILES string of the molecule is CCNC(=NCC(O)c1ccc(C(C)(C)C)cc1)NCCCOCCOC.I. The Morgan fingerprint density at radius 3 is 2.36 bits per heavy atom. The van der Waals surface area contributed by atoms with E-state index in [1.165, 1.54) is 5.56 Å². The Kier molecular flexibility index (Phi) is 14.5. The summed E-state index contributed by atoms with van der Waals surface area (Å²) in [5, 5.41) is 16.9. The largest absolute Gasteiger partial charge is 0.386 e. The molecule has 0 aliphatic carbocycles. The number of rotatable bonds is 11. The summed E-state index contributed by atoms with van der Waals surface area (Å²) >= 11 is 0. The quantitative estimate of drug-likeness (QED) is 0.186. The van der Waals surface area contributed by atoms with Crippen LogP contribution in [0, 0.1) is 0 Å². The predicted molar refractivity (Wildman–Crippen MR) is 127 cm³/mol. The highest BCUT2D eigenvalue weighted by Gasteiger charge is 2.14. The van der Waals surface area contributed by atoms with Gasteiger partial charge < -0.3 is 25.2 Å². The van der Waals surface area contributed by atoms with Crippen LogP contribution in [0.4, 0.5) is 0 Å². The molecule has 1 atom stereocenters. The van der Waals surface area contributed by atoms with Crippen molar-refractivity contribution in [3.8, 4) is 0 Å². The zero-order valence-electron chi connectivity index (χ0n) is 18.0. The average molecular weight is 507 g/mol. The van der Waals surface area contributed by atoms with Gasteiger partial charge in [-0.3, -0.25) is 4.99 Å². The second-order valence-corrected chi connectivity index (χ2v) is 7.49. The van der Waals surface area contributed by atoms with Gasteiger partial charge in [-0.05, 0) is 29.9 Å². The van der Waals surface area contributed by atoms with Crippen LogP contribution in [-0.4, -0.2) is 57.6 Å². The first kappa shape index (κ1) is 27.1. The van der Waals surface area contributed by atoms with Crippen molar-refractivity contribution >= 4 is 29.9 Å². The molecule has 0 saturated carbocycles. The third-order valence-corrected chi connectivity index (χ3v) is 4.12. The molecule has 0 amide bonds. The van der Waals surface area contributed by atoms with Crippen LogP contribution >= 0.6 is 24.0 Å². The first-order valence-corrected chi connectivity index (χ1v) is 9.75. The number of ether oxygens (including phenoxy) is 2. The lowest BCUT2D eigenvalue weighted by molar-refractivity contribution is 0.0698. The van der Waals surface area contributed by atoms with Crippen molar-refractivity contribution in [2.75, 3.05) is 46.6 Å². The lowest BCUT2D eigenvalue weighted by atomic mass is 9.86. The van der Waals surface area contributed by atoms with Gasteiger partial charge in [-0.25, -0.2) is 0 Å². The Morgan fingerprint density at radius 2 is 1.79 bits per heavy atom. The number of aliphatic hydroxyl groups is 1. The van der Waals surface area contributed by atoms with Crippen LogP contribution in [0.25, 0.3) is 0 Å². The van der Waals surface area contributed by atoms with E-state index in [9.17, 15) is 5.11 Å². The maximum atomic E-state index is 10.4. The third-order valence-electron chi connectivity index (χ3n) is 4.12. The summed E-state index contributed by atoms with van der Waals surface area (Å²) in [6.45, 7) is 12.3. The van der Waals surface area contributed by atoms with E-state index in [1.54, 1.807) is 7.11 Å². The Labute approximate surface area is 187 Å². The smallest absolute Gasteiger partial charge is 0.191 e. The molecule has 0 saturated heterocycles. The molecular weight excluding hydrogens is 469 g/mol. The zero-order chi connectivity index (χ0) is 20.1. The fraction of sp³-hybridized carbons (Fsp3) is 0.667. The summed E-state index contributed by atoms with van der Waals surface area (Å²) < 4.78 is 10.4. The van der Waals surface area contributed by atoms with Gasteiger partial charge in [-0.2, -0.15) is 0 Å². The second kappa shape index (κ2) is 15.0. The molecule has 1 unspecified atom stereocenters. The second-order valence-electron chi connectivity index (χ2n) is 7.49. The summed E-state index contributed by atoms with van der Waals surface area (Å²) in [7, 11) is 1.66.